The number of hydrogen-bond donors (Lipinski definition) is 2. The van der Waals surface area contributed by atoms with Gasteiger partial charge in [-0.3, -0.25) is 0 Å². The zero-order valence-electron chi connectivity index (χ0n) is 21.1. The van der Waals surface area contributed by atoms with E-state index in [1.54, 1.807) is 6.92 Å². The molecule has 0 saturated heterocycles. The van der Waals surface area contributed by atoms with E-state index in [0.717, 1.165) is 36.8 Å². The number of halogens is 2. The van der Waals surface area contributed by atoms with Crippen LogP contribution in [0.5, 0.6) is 0 Å². The quantitative estimate of drug-likeness (QED) is 0.464. The van der Waals surface area contributed by atoms with Gasteiger partial charge in [-0.1, -0.05) is 49.8 Å². The molecule has 0 radical (unpaired) electrons. The molecule has 0 aromatic heterocycles. The van der Waals surface area contributed by atoms with Crippen molar-refractivity contribution < 1.29 is 27.4 Å². The maximum Gasteiger partial charge on any atom is 0.346 e. The molecule has 0 spiro atoms. The first-order valence-electron chi connectivity index (χ1n) is 12.3. The van der Waals surface area contributed by atoms with Crippen molar-refractivity contribution in [3.05, 3.63) is 47.1 Å². The van der Waals surface area contributed by atoms with Crippen LogP contribution in [0.15, 0.2) is 47.1 Å². The third-order valence-electron chi connectivity index (χ3n) is 8.15. The topological polar surface area (TPSA) is 74.6 Å². The number of allylic oxidation sites excluding steroid dienone is 5. The molecule has 0 amide bonds. The minimum absolute atomic E-state index is 0.176. The minimum Gasteiger partial charge on any atom is -0.393 e. The number of aliphatic hydroxyl groups is 2. The highest BCUT2D eigenvalue weighted by atomic mass is 32.2. The van der Waals surface area contributed by atoms with Gasteiger partial charge in [0.05, 0.1) is 17.0 Å². The second-order valence-corrected chi connectivity index (χ2v) is 14.5. The van der Waals surface area contributed by atoms with E-state index in [0.29, 0.717) is 18.4 Å². The summed E-state index contributed by atoms with van der Waals surface area (Å²) in [7, 11) is -4.62. The molecule has 192 valence electrons. The van der Waals surface area contributed by atoms with Crippen LogP contribution in [0.2, 0.25) is 0 Å². The van der Waals surface area contributed by atoms with Gasteiger partial charge in [0.1, 0.15) is 0 Å². The number of aliphatic hydroxyl groups excluding tert-OH is 2. The Morgan fingerprint density at radius 2 is 1.91 bits per heavy atom. The highest BCUT2D eigenvalue weighted by molar-refractivity contribution is 7.93. The van der Waals surface area contributed by atoms with Crippen LogP contribution in [0.4, 0.5) is 8.78 Å². The van der Waals surface area contributed by atoms with Crippen LogP contribution >= 0.6 is 0 Å². The molecular formula is C27H40F2O4S. The van der Waals surface area contributed by atoms with E-state index < -0.39 is 44.4 Å². The van der Waals surface area contributed by atoms with Crippen molar-refractivity contribution in [2.24, 2.45) is 17.3 Å². The molecule has 0 aliphatic heterocycles. The summed E-state index contributed by atoms with van der Waals surface area (Å²) in [5.41, 5.74) is 3.37. The summed E-state index contributed by atoms with van der Waals surface area (Å²) in [4.78, 5) is 0. The molecule has 5 atom stereocenters. The smallest absolute Gasteiger partial charge is 0.346 e. The van der Waals surface area contributed by atoms with Crippen LogP contribution in [0.1, 0.15) is 79.6 Å². The first-order valence-corrected chi connectivity index (χ1v) is 13.8. The van der Waals surface area contributed by atoms with E-state index in [-0.39, 0.29) is 11.3 Å². The van der Waals surface area contributed by atoms with Gasteiger partial charge in [-0.05, 0) is 81.3 Å². The Morgan fingerprint density at radius 3 is 2.53 bits per heavy atom. The van der Waals surface area contributed by atoms with Crippen LogP contribution in [0.3, 0.4) is 0 Å². The van der Waals surface area contributed by atoms with Gasteiger partial charge in [0, 0.05) is 12.8 Å². The number of rotatable bonds is 5. The van der Waals surface area contributed by atoms with Crippen molar-refractivity contribution in [1.82, 2.24) is 0 Å². The van der Waals surface area contributed by atoms with Gasteiger partial charge < -0.3 is 10.2 Å². The van der Waals surface area contributed by atoms with Gasteiger partial charge in [-0.25, -0.2) is 8.42 Å². The number of sulfone groups is 1. The maximum absolute atomic E-state index is 15.0. The monoisotopic (exact) mass is 498 g/mol. The molecule has 3 aliphatic rings. The third-order valence-corrected chi connectivity index (χ3v) is 10.7. The lowest BCUT2D eigenvalue weighted by Crippen LogP contribution is -2.43. The zero-order valence-corrected chi connectivity index (χ0v) is 21.9. The molecule has 0 aromatic rings. The van der Waals surface area contributed by atoms with Crippen LogP contribution in [-0.4, -0.2) is 40.8 Å². The van der Waals surface area contributed by atoms with Crippen molar-refractivity contribution in [3.63, 3.8) is 0 Å². The molecule has 2 saturated carbocycles. The molecular weight excluding hydrogens is 458 g/mol. The van der Waals surface area contributed by atoms with Crippen LogP contribution < -0.4 is 0 Å². The Morgan fingerprint density at radius 1 is 1.26 bits per heavy atom. The summed E-state index contributed by atoms with van der Waals surface area (Å²) in [6.07, 6.45) is 8.24. The average Bonchev–Trinajstić information content (AvgIpc) is 3.06. The molecule has 3 rings (SSSR count). The van der Waals surface area contributed by atoms with Crippen LogP contribution in [0.25, 0.3) is 0 Å². The molecule has 0 heterocycles. The Labute approximate surface area is 203 Å². The van der Waals surface area contributed by atoms with Crippen molar-refractivity contribution in [2.45, 2.75) is 102 Å². The lowest BCUT2D eigenvalue weighted by molar-refractivity contribution is 0.0632. The maximum atomic E-state index is 15.0. The van der Waals surface area contributed by atoms with Crippen molar-refractivity contribution >= 4 is 9.84 Å². The Kier molecular flexibility index (Phi) is 7.45. The predicted octanol–water partition coefficient (Wildman–Crippen LogP) is 5.88. The van der Waals surface area contributed by atoms with Crippen molar-refractivity contribution in [2.75, 3.05) is 0 Å². The number of fused-ring (bicyclic) bond motifs is 1. The van der Waals surface area contributed by atoms with Gasteiger partial charge in [0.2, 0.25) is 9.84 Å². The van der Waals surface area contributed by atoms with E-state index in [1.807, 2.05) is 6.08 Å². The Bertz CT molecular complexity index is 1020. The van der Waals surface area contributed by atoms with Gasteiger partial charge in [-0.2, -0.15) is 8.78 Å². The summed E-state index contributed by atoms with van der Waals surface area (Å²) in [5.74, 6) is -0.377. The summed E-state index contributed by atoms with van der Waals surface area (Å²) in [6, 6.07) is 0. The lowest BCUT2D eigenvalue weighted by atomic mass is 9.62. The van der Waals surface area contributed by atoms with E-state index in [4.69, 9.17) is 0 Å². The first-order chi connectivity index (χ1) is 15.5. The minimum atomic E-state index is -4.62. The standard InChI is InChI=1S/C27H40F2O4S/c1-17(16-27(28,29)34(32,33)25(3,4)5)22-11-12-23-19(8-7-13-26(22,23)6)9-10-20-14-21(30)15-24(31)18(20)2/h9-11,17,21,23-24,30-31H,2,7-8,12-16H2,1,3-6H3/b19-9+,20-10-/t17-,21+,23+,24-,26-/m1/s1. The van der Waals surface area contributed by atoms with E-state index >= 15 is 0 Å². The second kappa shape index (κ2) is 9.29. The Balaban J connectivity index is 1.82. The average molecular weight is 499 g/mol. The van der Waals surface area contributed by atoms with Crippen LogP contribution in [0, 0.1) is 17.3 Å². The fourth-order valence-electron chi connectivity index (χ4n) is 6.10. The molecule has 4 nitrogen and oxygen atoms in total. The zero-order chi connectivity index (χ0) is 25.7. The summed E-state index contributed by atoms with van der Waals surface area (Å²) in [5, 5.41) is 16.3. The van der Waals surface area contributed by atoms with E-state index in [1.165, 1.54) is 26.3 Å². The highest BCUT2D eigenvalue weighted by Gasteiger charge is 2.54. The van der Waals surface area contributed by atoms with Crippen molar-refractivity contribution in [3.8, 4) is 0 Å². The van der Waals surface area contributed by atoms with E-state index in [2.05, 4.69) is 25.7 Å². The lowest BCUT2D eigenvalue weighted by Gasteiger charge is -2.43. The number of alkyl halides is 2. The molecule has 0 aromatic carbocycles. The van der Waals surface area contributed by atoms with Gasteiger partial charge >= 0.3 is 5.25 Å². The summed E-state index contributed by atoms with van der Waals surface area (Å²) < 4.78 is 53.5. The summed E-state index contributed by atoms with van der Waals surface area (Å²) >= 11 is 0. The molecule has 0 unspecified atom stereocenters. The molecule has 7 heteroatoms. The van der Waals surface area contributed by atoms with Crippen LogP contribution in [-0.2, 0) is 9.84 Å². The van der Waals surface area contributed by atoms with Crippen molar-refractivity contribution in [1.29, 1.82) is 0 Å². The van der Waals surface area contributed by atoms with Gasteiger partial charge in [-0.15, -0.1) is 0 Å². The molecule has 3 aliphatic carbocycles. The van der Waals surface area contributed by atoms with E-state index in [9.17, 15) is 27.4 Å². The normalized spacial score (nSPS) is 34.3. The summed E-state index contributed by atoms with van der Waals surface area (Å²) in [6.45, 7) is 11.8. The van der Waals surface area contributed by atoms with Gasteiger partial charge in [0.15, 0.2) is 0 Å². The largest absolute Gasteiger partial charge is 0.393 e. The Hall–Kier alpha value is -1.31. The fraction of sp³-hybridized carbons (Fsp3) is 0.704. The third kappa shape index (κ3) is 4.85. The fourth-order valence-corrected chi connectivity index (χ4v) is 7.47. The molecule has 0 bridgehead atoms. The first kappa shape index (κ1) is 27.3. The SMILES string of the molecule is C=C1/C(=C\C=C2/CCC[C@]3(C)C([C@H](C)CC(F)(F)S(=O)(=O)C(C)(C)C)=CC[C@@H]23)C[C@H](O)C[C@H]1O. The highest BCUT2D eigenvalue weighted by Crippen LogP contribution is 2.57. The molecule has 34 heavy (non-hydrogen) atoms. The number of hydrogen-bond acceptors (Lipinski definition) is 4. The van der Waals surface area contributed by atoms with Gasteiger partial charge in [0.25, 0.3) is 0 Å². The molecule has 2 N–H and O–H groups in total. The second-order valence-electron chi connectivity index (χ2n) is 11.6. The molecule has 2 fully saturated rings. The predicted molar refractivity (Wildman–Crippen MR) is 132 cm³/mol.